The summed E-state index contributed by atoms with van der Waals surface area (Å²) in [5.41, 5.74) is 1.84. The fourth-order valence-electron chi connectivity index (χ4n) is 2.74. The summed E-state index contributed by atoms with van der Waals surface area (Å²) in [6.45, 7) is 3.41. The smallest absolute Gasteiger partial charge is 0.248 e. The highest BCUT2D eigenvalue weighted by Crippen LogP contribution is 2.33. The Kier molecular flexibility index (Phi) is 6.78. The van der Waals surface area contributed by atoms with E-state index in [1.54, 1.807) is 25.1 Å². The first-order valence-corrected chi connectivity index (χ1v) is 11.3. The van der Waals surface area contributed by atoms with E-state index in [2.05, 4.69) is 5.32 Å². The van der Waals surface area contributed by atoms with Crippen molar-refractivity contribution in [2.45, 2.75) is 24.8 Å². The molecule has 0 aliphatic carbocycles. The van der Waals surface area contributed by atoms with Gasteiger partial charge in [-0.3, -0.25) is 9.10 Å². The molecule has 0 radical (unpaired) electrons. The van der Waals surface area contributed by atoms with Gasteiger partial charge in [-0.25, -0.2) is 8.42 Å². The summed E-state index contributed by atoms with van der Waals surface area (Å²) < 4.78 is 31.5. The number of aryl methyl sites for hydroxylation is 1. The van der Waals surface area contributed by atoms with Gasteiger partial charge in [0.1, 0.15) is 11.8 Å². The van der Waals surface area contributed by atoms with Crippen LogP contribution in [0.1, 0.15) is 12.5 Å². The molecule has 27 heavy (non-hydrogen) atoms. The van der Waals surface area contributed by atoms with Gasteiger partial charge in [-0.15, -0.1) is 11.8 Å². The van der Waals surface area contributed by atoms with Gasteiger partial charge in [0.05, 0.1) is 24.7 Å². The van der Waals surface area contributed by atoms with Gasteiger partial charge in [-0.2, -0.15) is 0 Å². The molecule has 0 fully saturated rings. The van der Waals surface area contributed by atoms with Crippen LogP contribution in [-0.2, 0) is 14.8 Å². The van der Waals surface area contributed by atoms with E-state index < -0.39 is 22.0 Å². The molecule has 1 N–H and O–H groups in total. The minimum Gasteiger partial charge on any atom is -0.495 e. The minimum absolute atomic E-state index is 0.334. The van der Waals surface area contributed by atoms with Crippen molar-refractivity contribution in [1.29, 1.82) is 0 Å². The number of hydrogen-bond acceptors (Lipinski definition) is 5. The molecule has 0 aliphatic rings. The van der Waals surface area contributed by atoms with Crippen LogP contribution in [0.15, 0.2) is 47.4 Å². The largest absolute Gasteiger partial charge is 0.495 e. The van der Waals surface area contributed by atoms with Crippen LogP contribution < -0.4 is 14.4 Å². The van der Waals surface area contributed by atoms with Gasteiger partial charge in [0.25, 0.3) is 0 Å². The molecule has 6 nitrogen and oxygen atoms in total. The molecule has 1 atom stereocenters. The predicted molar refractivity (Wildman–Crippen MR) is 111 cm³/mol. The molecule has 8 heteroatoms. The van der Waals surface area contributed by atoms with E-state index in [0.717, 1.165) is 21.0 Å². The number of para-hydroxylation sites is 1. The van der Waals surface area contributed by atoms with Gasteiger partial charge < -0.3 is 10.1 Å². The summed E-state index contributed by atoms with van der Waals surface area (Å²) >= 11 is 1.50. The van der Waals surface area contributed by atoms with Crippen LogP contribution in [0.4, 0.5) is 11.4 Å². The average Bonchev–Trinajstić information content (AvgIpc) is 2.61. The SMILES string of the molecule is COc1ccc(C)cc1N([C@@H](C)C(=O)Nc1ccccc1SC)S(C)(=O)=O. The number of ether oxygens (including phenoxy) is 1. The Morgan fingerprint density at radius 2 is 1.89 bits per heavy atom. The van der Waals surface area contributed by atoms with Gasteiger partial charge in [-0.05, 0) is 49.9 Å². The number of amides is 1. The van der Waals surface area contributed by atoms with Crippen LogP contribution in [0.5, 0.6) is 5.75 Å². The van der Waals surface area contributed by atoms with Crippen LogP contribution in [0.3, 0.4) is 0 Å². The summed E-state index contributed by atoms with van der Waals surface area (Å²) in [4.78, 5) is 13.8. The van der Waals surface area contributed by atoms with E-state index in [4.69, 9.17) is 4.74 Å². The van der Waals surface area contributed by atoms with E-state index in [-0.39, 0.29) is 0 Å². The van der Waals surface area contributed by atoms with Gasteiger partial charge >= 0.3 is 0 Å². The topological polar surface area (TPSA) is 75.7 Å². The summed E-state index contributed by atoms with van der Waals surface area (Å²) in [6, 6.07) is 11.6. The Morgan fingerprint density at radius 1 is 1.22 bits per heavy atom. The number of benzene rings is 2. The average molecular weight is 409 g/mol. The van der Waals surface area contributed by atoms with Crippen LogP contribution in [0.25, 0.3) is 0 Å². The van der Waals surface area contributed by atoms with E-state index in [1.165, 1.54) is 18.9 Å². The summed E-state index contributed by atoms with van der Waals surface area (Å²) in [5, 5.41) is 2.83. The summed E-state index contributed by atoms with van der Waals surface area (Å²) in [7, 11) is -2.27. The molecule has 0 aromatic heterocycles. The number of sulfonamides is 1. The molecule has 0 saturated carbocycles. The van der Waals surface area contributed by atoms with Gasteiger partial charge in [0.2, 0.25) is 15.9 Å². The maximum atomic E-state index is 12.9. The molecule has 2 aromatic carbocycles. The number of thioether (sulfide) groups is 1. The van der Waals surface area contributed by atoms with Crippen molar-refractivity contribution in [3.8, 4) is 5.75 Å². The highest BCUT2D eigenvalue weighted by Gasteiger charge is 2.31. The first-order chi connectivity index (χ1) is 12.7. The number of carbonyl (C=O) groups excluding carboxylic acids is 1. The highest BCUT2D eigenvalue weighted by atomic mass is 32.2. The van der Waals surface area contributed by atoms with Crippen LogP contribution in [0.2, 0.25) is 0 Å². The van der Waals surface area contributed by atoms with E-state index in [1.807, 2.05) is 37.4 Å². The Morgan fingerprint density at radius 3 is 2.48 bits per heavy atom. The fraction of sp³-hybridized carbons (Fsp3) is 0.316. The molecular formula is C19H24N2O4S2. The number of anilines is 2. The zero-order valence-electron chi connectivity index (χ0n) is 16.0. The maximum absolute atomic E-state index is 12.9. The molecule has 146 valence electrons. The lowest BCUT2D eigenvalue weighted by Gasteiger charge is -2.29. The van der Waals surface area contributed by atoms with Crippen molar-refractivity contribution >= 4 is 39.1 Å². The zero-order chi connectivity index (χ0) is 20.2. The second kappa shape index (κ2) is 8.67. The van der Waals surface area contributed by atoms with Gasteiger partial charge in [-0.1, -0.05) is 18.2 Å². The van der Waals surface area contributed by atoms with Crippen molar-refractivity contribution in [1.82, 2.24) is 0 Å². The Balaban J connectivity index is 2.43. The predicted octanol–water partition coefficient (Wildman–Crippen LogP) is 3.52. The van der Waals surface area contributed by atoms with E-state index >= 15 is 0 Å². The summed E-state index contributed by atoms with van der Waals surface area (Å²) in [5.74, 6) is -0.0410. The number of nitrogens with zero attached hydrogens (tertiary/aromatic N) is 1. The molecule has 0 heterocycles. The van der Waals surface area contributed by atoms with Crippen molar-refractivity contribution in [2.24, 2.45) is 0 Å². The third kappa shape index (κ3) is 4.95. The highest BCUT2D eigenvalue weighted by molar-refractivity contribution is 7.98. The van der Waals surface area contributed by atoms with Crippen molar-refractivity contribution in [3.05, 3.63) is 48.0 Å². The second-order valence-electron chi connectivity index (χ2n) is 6.10. The number of methoxy groups -OCH3 is 1. The number of rotatable bonds is 7. The normalized spacial score (nSPS) is 12.3. The van der Waals surface area contributed by atoms with E-state index in [0.29, 0.717) is 17.1 Å². The molecule has 2 rings (SSSR count). The monoisotopic (exact) mass is 408 g/mol. The maximum Gasteiger partial charge on any atom is 0.248 e. The molecule has 0 spiro atoms. The quantitative estimate of drug-likeness (QED) is 0.710. The minimum atomic E-state index is -3.73. The standard InChI is InChI=1S/C19H24N2O4S2/c1-13-10-11-17(25-3)16(12-13)21(27(5,23)24)14(2)19(22)20-15-8-6-7-9-18(15)26-4/h6-12,14H,1-5H3,(H,20,22)/t14-/m0/s1. The van der Waals surface area contributed by atoms with E-state index in [9.17, 15) is 13.2 Å². The van der Waals surface area contributed by atoms with Crippen LogP contribution >= 0.6 is 11.8 Å². The fourth-order valence-corrected chi connectivity index (χ4v) is 4.46. The molecule has 0 aliphatic heterocycles. The van der Waals surface area contributed by atoms with Crippen molar-refractivity contribution in [2.75, 3.05) is 29.2 Å². The Labute approximate surface area is 165 Å². The van der Waals surface area contributed by atoms with Gasteiger partial charge in [0.15, 0.2) is 0 Å². The lowest BCUT2D eigenvalue weighted by Crippen LogP contribution is -2.45. The molecule has 0 saturated heterocycles. The molecule has 1 amide bonds. The number of nitrogens with one attached hydrogen (secondary N) is 1. The molecular weight excluding hydrogens is 384 g/mol. The summed E-state index contributed by atoms with van der Waals surface area (Å²) in [6.07, 6.45) is 2.99. The Hall–Kier alpha value is -2.19. The molecule has 0 bridgehead atoms. The van der Waals surface area contributed by atoms with Crippen LogP contribution in [0, 0.1) is 6.92 Å². The third-order valence-electron chi connectivity index (χ3n) is 4.03. The third-order valence-corrected chi connectivity index (χ3v) is 6.05. The first-order valence-electron chi connectivity index (χ1n) is 8.27. The van der Waals surface area contributed by atoms with Crippen molar-refractivity contribution < 1.29 is 17.9 Å². The first kappa shape index (κ1) is 21.1. The Bertz CT molecular complexity index is 929. The van der Waals surface area contributed by atoms with Crippen molar-refractivity contribution in [3.63, 3.8) is 0 Å². The second-order valence-corrected chi connectivity index (χ2v) is 8.81. The van der Waals surface area contributed by atoms with Gasteiger partial charge in [0, 0.05) is 4.90 Å². The lowest BCUT2D eigenvalue weighted by molar-refractivity contribution is -0.116. The molecule has 0 unspecified atom stereocenters. The van der Waals surface area contributed by atoms with Crippen LogP contribution in [-0.4, -0.2) is 40.0 Å². The number of carbonyl (C=O) groups is 1. The zero-order valence-corrected chi connectivity index (χ0v) is 17.6. The number of hydrogen-bond donors (Lipinski definition) is 1. The lowest BCUT2D eigenvalue weighted by atomic mass is 10.2. The molecule has 2 aromatic rings.